The van der Waals surface area contributed by atoms with Gasteiger partial charge in [0.2, 0.25) is 0 Å². The number of carbonyl (C=O) groups excluding carboxylic acids is 3. The van der Waals surface area contributed by atoms with Crippen LogP contribution in [0.3, 0.4) is 0 Å². The van der Waals surface area contributed by atoms with E-state index in [-0.39, 0.29) is 23.1 Å². The Morgan fingerprint density at radius 1 is 1.00 bits per heavy atom. The Morgan fingerprint density at radius 3 is 1.36 bits per heavy atom. The van der Waals surface area contributed by atoms with Gasteiger partial charge in [0.05, 0.1) is 0 Å². The summed E-state index contributed by atoms with van der Waals surface area (Å²) in [6.07, 6.45) is -4.04. The molecule has 72 valence electrons. The van der Waals surface area contributed by atoms with E-state index in [0.717, 1.165) is 0 Å². The predicted molar refractivity (Wildman–Crippen MR) is 32.0 cm³/mol. The van der Waals surface area contributed by atoms with Crippen LogP contribution >= 0.6 is 0 Å². The Kier molecular flexibility index (Phi) is 3.97. The Labute approximate surface area is 93.1 Å². The number of hydrogen-bond donors (Lipinski definition) is 0. The van der Waals surface area contributed by atoms with Crippen molar-refractivity contribution in [3.8, 4) is 0 Å². The van der Waals surface area contributed by atoms with Crippen LogP contribution in [0.4, 0.5) is 14.4 Å². The van der Waals surface area contributed by atoms with Gasteiger partial charge in [-0.15, -0.1) is 0 Å². The molecule has 0 aromatic heterocycles. The number of carbonyl (C=O) groups is 3. The smallest absolute Gasteiger partial charge is 0.652 e. The van der Waals surface area contributed by atoms with E-state index in [9.17, 15) is 9.59 Å². The standard InChI is InChI=1S/C2O6Si.CH2O3.Mg/c3-1-5-9(6-1)7-2(4)8-9;2-1(3)4;/h;(H2,2,3,4);/q;;+2/p-2. The van der Waals surface area contributed by atoms with Crippen molar-refractivity contribution in [2.45, 2.75) is 0 Å². The van der Waals surface area contributed by atoms with Crippen molar-refractivity contribution in [2.75, 3.05) is 0 Å². The van der Waals surface area contributed by atoms with Crippen molar-refractivity contribution in [2.24, 2.45) is 0 Å². The van der Waals surface area contributed by atoms with Gasteiger partial charge >= 0.3 is 44.4 Å². The van der Waals surface area contributed by atoms with E-state index in [1.54, 1.807) is 0 Å². The zero-order valence-electron chi connectivity index (χ0n) is 6.38. The third-order valence-electron chi connectivity index (χ3n) is 0.833. The van der Waals surface area contributed by atoms with E-state index in [1.807, 2.05) is 0 Å². The summed E-state index contributed by atoms with van der Waals surface area (Å²) >= 11 is 0. The quantitative estimate of drug-likeness (QED) is 0.398. The first-order valence-corrected chi connectivity index (χ1v) is 4.29. The van der Waals surface area contributed by atoms with Crippen molar-refractivity contribution < 1.29 is 42.3 Å². The van der Waals surface area contributed by atoms with E-state index >= 15 is 0 Å². The van der Waals surface area contributed by atoms with Crippen LogP contribution in [-0.4, -0.2) is 50.6 Å². The average Bonchev–Trinajstić information content (AvgIpc) is 1.79. The molecule has 0 aliphatic carbocycles. The molecule has 0 radical (unpaired) electrons. The van der Waals surface area contributed by atoms with Crippen molar-refractivity contribution in [3.05, 3.63) is 0 Å². The molecule has 2 saturated heterocycles. The van der Waals surface area contributed by atoms with Crippen molar-refractivity contribution in [1.29, 1.82) is 0 Å². The fraction of sp³-hybridized carbons (Fsp3) is 0. The first-order valence-electron chi connectivity index (χ1n) is 2.65. The van der Waals surface area contributed by atoms with Crippen LogP contribution in [0.1, 0.15) is 0 Å². The summed E-state index contributed by atoms with van der Waals surface area (Å²) in [5.41, 5.74) is 0. The summed E-state index contributed by atoms with van der Waals surface area (Å²) in [6, 6.07) is 0. The van der Waals surface area contributed by atoms with Crippen LogP contribution in [0, 0.1) is 0 Å². The Balaban J connectivity index is 0.000000299. The van der Waals surface area contributed by atoms with Gasteiger partial charge < -0.3 is 32.7 Å². The largest absolute Gasteiger partial charge is 2.00 e. The van der Waals surface area contributed by atoms with Gasteiger partial charge in [0.15, 0.2) is 0 Å². The molecule has 0 N–H and O–H groups in total. The first kappa shape index (κ1) is 12.8. The van der Waals surface area contributed by atoms with Crippen LogP contribution in [-0.2, 0) is 17.7 Å². The fourth-order valence-electron chi connectivity index (χ4n) is 0.507. The maximum absolute atomic E-state index is 9.93. The Hall–Kier alpha value is -1.21. The third kappa shape index (κ3) is 2.93. The summed E-state index contributed by atoms with van der Waals surface area (Å²) in [5, 5.41) is 16.7. The first-order chi connectivity index (χ1) is 5.93. The normalized spacial score (nSPS) is 18.6. The summed E-state index contributed by atoms with van der Waals surface area (Å²) in [5.74, 6) is 0. The van der Waals surface area contributed by atoms with Crippen LogP contribution in [0.25, 0.3) is 0 Å². The molecular weight excluding hydrogens is 232 g/mol. The second-order valence-corrected chi connectivity index (χ2v) is 3.47. The summed E-state index contributed by atoms with van der Waals surface area (Å²) in [7, 11) is -3.12. The van der Waals surface area contributed by atoms with Gasteiger partial charge in [-0.1, -0.05) is 0 Å². The van der Waals surface area contributed by atoms with Crippen LogP contribution in [0.15, 0.2) is 0 Å². The molecule has 2 rings (SSSR count). The molecule has 0 unspecified atom stereocenters. The van der Waals surface area contributed by atoms with Crippen LogP contribution in [0.2, 0.25) is 0 Å². The van der Waals surface area contributed by atoms with Crippen LogP contribution < -0.4 is 10.2 Å². The molecule has 9 nitrogen and oxygen atoms in total. The molecule has 0 saturated carbocycles. The zero-order valence-corrected chi connectivity index (χ0v) is 8.80. The van der Waals surface area contributed by atoms with E-state index in [4.69, 9.17) is 15.0 Å². The minimum absolute atomic E-state index is 0. The SMILES string of the molecule is O=C([O-])[O-].O=C1O[Si]2(O1)OC(=O)O2.[Mg+2]. The number of rotatable bonds is 0. The third-order valence-corrected chi connectivity index (χ3v) is 2.50. The average molecular weight is 232 g/mol. The number of carboxylic acid groups (broad SMARTS) is 2. The molecule has 0 aromatic rings. The van der Waals surface area contributed by atoms with E-state index in [1.165, 1.54) is 0 Å². The van der Waals surface area contributed by atoms with Gasteiger partial charge in [0, 0.05) is 0 Å². The topological polar surface area (TPSA) is 134 Å². The van der Waals surface area contributed by atoms with Crippen molar-refractivity contribution in [3.63, 3.8) is 0 Å². The molecule has 2 aliphatic heterocycles. The minimum atomic E-state index is -3.12. The van der Waals surface area contributed by atoms with Crippen molar-refractivity contribution >= 4 is 50.6 Å². The molecular formula is C3MgO9Si. The van der Waals surface area contributed by atoms with Gasteiger partial charge in [-0.3, -0.25) is 0 Å². The number of hydrogen-bond acceptors (Lipinski definition) is 9. The molecule has 14 heavy (non-hydrogen) atoms. The molecule has 0 atom stereocenters. The monoisotopic (exact) mass is 232 g/mol. The van der Waals surface area contributed by atoms with Crippen LogP contribution in [0.5, 0.6) is 0 Å². The molecule has 1 spiro atoms. The maximum Gasteiger partial charge on any atom is 2.00 e. The van der Waals surface area contributed by atoms with Gasteiger partial charge in [0.25, 0.3) is 0 Å². The maximum atomic E-state index is 9.93. The van der Waals surface area contributed by atoms with E-state index in [0.29, 0.717) is 0 Å². The van der Waals surface area contributed by atoms with Gasteiger partial charge in [-0.2, -0.15) is 0 Å². The second kappa shape index (κ2) is 4.34. The summed E-state index contributed by atoms with van der Waals surface area (Å²) in [6.45, 7) is 0. The molecule has 0 aromatic carbocycles. The predicted octanol–water partition coefficient (Wildman–Crippen LogP) is -3.07. The Morgan fingerprint density at radius 2 is 1.21 bits per heavy atom. The van der Waals surface area contributed by atoms with E-state index < -0.39 is 27.5 Å². The summed E-state index contributed by atoms with van der Waals surface area (Å²) in [4.78, 5) is 28.2. The molecule has 2 aliphatic rings. The fourth-order valence-corrected chi connectivity index (χ4v) is 1.52. The van der Waals surface area contributed by atoms with Gasteiger partial charge in [-0.25, -0.2) is 9.59 Å². The van der Waals surface area contributed by atoms with Crippen molar-refractivity contribution in [1.82, 2.24) is 0 Å². The molecule has 2 fully saturated rings. The van der Waals surface area contributed by atoms with E-state index in [2.05, 4.69) is 17.7 Å². The molecule has 0 bridgehead atoms. The molecule has 11 heteroatoms. The Bertz CT molecular complexity index is 230. The molecule has 0 amide bonds. The van der Waals surface area contributed by atoms with Gasteiger partial charge in [0.1, 0.15) is 0 Å². The van der Waals surface area contributed by atoms with Gasteiger partial charge in [-0.05, 0) is 6.16 Å². The minimum Gasteiger partial charge on any atom is -0.652 e. The summed E-state index contributed by atoms with van der Waals surface area (Å²) < 4.78 is 17.0. The second-order valence-electron chi connectivity index (χ2n) is 1.66. The molecule has 2 heterocycles. The zero-order chi connectivity index (χ0) is 10.1.